The van der Waals surface area contributed by atoms with E-state index < -0.39 is 0 Å². The van der Waals surface area contributed by atoms with Crippen molar-refractivity contribution >= 4 is 15.9 Å². The van der Waals surface area contributed by atoms with Crippen molar-refractivity contribution < 1.29 is 4.74 Å². The maximum Gasteiger partial charge on any atom is 0.130 e. The number of aromatic nitrogens is 1. The highest BCUT2D eigenvalue weighted by Crippen LogP contribution is 2.22. The van der Waals surface area contributed by atoms with Crippen LogP contribution in [0.3, 0.4) is 0 Å². The number of halogens is 1. The minimum Gasteiger partial charge on any atom is -0.457 e. The Hall–Kier alpha value is -1.35. The van der Waals surface area contributed by atoms with E-state index in [1.807, 2.05) is 36.4 Å². The largest absolute Gasteiger partial charge is 0.457 e. The second-order valence-electron chi connectivity index (χ2n) is 2.74. The highest BCUT2D eigenvalue weighted by molar-refractivity contribution is 9.10. The van der Waals surface area contributed by atoms with E-state index in [0.717, 1.165) is 16.0 Å². The Bertz CT molecular complexity index is 399. The van der Waals surface area contributed by atoms with Crippen molar-refractivity contribution in [1.29, 1.82) is 0 Å². The molecule has 0 bridgehead atoms. The zero-order chi connectivity index (χ0) is 9.80. The lowest BCUT2D eigenvalue weighted by atomic mass is 10.3. The topological polar surface area (TPSA) is 22.1 Å². The summed E-state index contributed by atoms with van der Waals surface area (Å²) in [4.78, 5) is 3.91. The SMILES string of the molecule is Brc1ccc(Oc2ccncc2)cc1. The molecule has 0 fully saturated rings. The molecule has 0 unspecified atom stereocenters. The van der Waals surface area contributed by atoms with Gasteiger partial charge in [0.1, 0.15) is 11.5 Å². The van der Waals surface area contributed by atoms with Crippen LogP contribution in [0.2, 0.25) is 0 Å². The van der Waals surface area contributed by atoms with Crippen LogP contribution in [0.15, 0.2) is 53.3 Å². The third-order valence-corrected chi connectivity index (χ3v) is 2.23. The first-order chi connectivity index (χ1) is 6.84. The minimum atomic E-state index is 0.794. The first kappa shape index (κ1) is 9.21. The van der Waals surface area contributed by atoms with Crippen LogP contribution in [0.5, 0.6) is 11.5 Å². The Labute approximate surface area is 90.7 Å². The number of benzene rings is 1. The van der Waals surface area contributed by atoms with Gasteiger partial charge in [-0.1, -0.05) is 15.9 Å². The number of ether oxygens (including phenoxy) is 1. The molecule has 0 aliphatic heterocycles. The van der Waals surface area contributed by atoms with E-state index >= 15 is 0 Å². The molecule has 0 aliphatic carbocycles. The fourth-order valence-corrected chi connectivity index (χ4v) is 1.31. The number of pyridine rings is 1. The van der Waals surface area contributed by atoms with Crippen LogP contribution in [0.4, 0.5) is 0 Å². The molecular weight excluding hydrogens is 242 g/mol. The average Bonchev–Trinajstić information content (AvgIpc) is 2.23. The second kappa shape index (κ2) is 4.24. The molecule has 1 aromatic heterocycles. The molecule has 0 aliphatic rings. The van der Waals surface area contributed by atoms with Crippen molar-refractivity contribution in [3.63, 3.8) is 0 Å². The number of nitrogens with zero attached hydrogens (tertiary/aromatic N) is 1. The molecule has 2 nitrogen and oxygen atoms in total. The molecule has 0 saturated heterocycles. The summed E-state index contributed by atoms with van der Waals surface area (Å²) >= 11 is 3.37. The predicted molar refractivity (Wildman–Crippen MR) is 58.5 cm³/mol. The van der Waals surface area contributed by atoms with Gasteiger partial charge in [-0.05, 0) is 36.4 Å². The van der Waals surface area contributed by atoms with Crippen molar-refractivity contribution in [2.75, 3.05) is 0 Å². The molecule has 1 aromatic carbocycles. The third kappa shape index (κ3) is 2.33. The molecule has 70 valence electrons. The molecule has 1 heterocycles. The van der Waals surface area contributed by atoms with E-state index in [0.29, 0.717) is 0 Å². The van der Waals surface area contributed by atoms with Gasteiger partial charge in [-0.3, -0.25) is 4.98 Å². The van der Waals surface area contributed by atoms with E-state index in [9.17, 15) is 0 Å². The van der Waals surface area contributed by atoms with Gasteiger partial charge < -0.3 is 4.74 Å². The first-order valence-electron chi connectivity index (χ1n) is 4.18. The minimum absolute atomic E-state index is 0.794. The van der Waals surface area contributed by atoms with E-state index in [1.165, 1.54) is 0 Å². The highest BCUT2D eigenvalue weighted by atomic mass is 79.9. The molecule has 2 aromatic rings. The Balaban J connectivity index is 2.16. The standard InChI is InChI=1S/C11H8BrNO/c12-9-1-3-10(4-2-9)14-11-5-7-13-8-6-11/h1-8H. The lowest BCUT2D eigenvalue weighted by Gasteiger charge is -2.04. The molecule has 0 amide bonds. The normalized spacial score (nSPS) is 9.79. The third-order valence-electron chi connectivity index (χ3n) is 1.70. The maximum absolute atomic E-state index is 5.57. The van der Waals surface area contributed by atoms with Crippen LogP contribution in [0.1, 0.15) is 0 Å². The zero-order valence-electron chi connectivity index (χ0n) is 7.35. The van der Waals surface area contributed by atoms with Gasteiger partial charge >= 0.3 is 0 Å². The van der Waals surface area contributed by atoms with Crippen LogP contribution in [0, 0.1) is 0 Å². The van der Waals surface area contributed by atoms with E-state index in [2.05, 4.69) is 20.9 Å². The van der Waals surface area contributed by atoms with Gasteiger partial charge in [-0.15, -0.1) is 0 Å². The molecule has 0 spiro atoms. The predicted octanol–water partition coefficient (Wildman–Crippen LogP) is 3.64. The summed E-state index contributed by atoms with van der Waals surface area (Å²) in [5, 5.41) is 0. The molecule has 3 heteroatoms. The summed E-state index contributed by atoms with van der Waals surface area (Å²) in [6.45, 7) is 0. The van der Waals surface area contributed by atoms with Gasteiger partial charge in [-0.25, -0.2) is 0 Å². The summed E-state index contributed by atoms with van der Waals surface area (Å²) < 4.78 is 6.61. The Kier molecular flexibility index (Phi) is 2.79. The number of rotatable bonds is 2. The highest BCUT2D eigenvalue weighted by Gasteiger charge is 1.95. The Morgan fingerprint density at radius 1 is 0.857 bits per heavy atom. The van der Waals surface area contributed by atoms with E-state index in [1.54, 1.807) is 12.4 Å². The second-order valence-corrected chi connectivity index (χ2v) is 3.65. The van der Waals surface area contributed by atoms with Crippen LogP contribution in [-0.4, -0.2) is 4.98 Å². The lowest BCUT2D eigenvalue weighted by Crippen LogP contribution is -1.83. The summed E-state index contributed by atoms with van der Waals surface area (Å²) in [6, 6.07) is 11.3. The maximum atomic E-state index is 5.57. The van der Waals surface area contributed by atoms with Crippen molar-refractivity contribution in [3.8, 4) is 11.5 Å². The van der Waals surface area contributed by atoms with E-state index in [-0.39, 0.29) is 0 Å². The van der Waals surface area contributed by atoms with Gasteiger partial charge in [0.2, 0.25) is 0 Å². The Morgan fingerprint density at radius 2 is 1.43 bits per heavy atom. The van der Waals surface area contributed by atoms with Gasteiger partial charge in [0, 0.05) is 16.9 Å². The smallest absolute Gasteiger partial charge is 0.130 e. The van der Waals surface area contributed by atoms with Crippen molar-refractivity contribution in [2.24, 2.45) is 0 Å². The zero-order valence-corrected chi connectivity index (χ0v) is 8.94. The fraction of sp³-hybridized carbons (Fsp3) is 0. The van der Waals surface area contributed by atoms with Crippen molar-refractivity contribution in [2.45, 2.75) is 0 Å². The van der Waals surface area contributed by atoms with Crippen molar-refractivity contribution in [3.05, 3.63) is 53.3 Å². The molecular formula is C11H8BrNO. The summed E-state index contributed by atoms with van der Waals surface area (Å²) in [5.41, 5.74) is 0. The summed E-state index contributed by atoms with van der Waals surface area (Å²) in [7, 11) is 0. The number of hydrogen-bond donors (Lipinski definition) is 0. The fourth-order valence-electron chi connectivity index (χ4n) is 1.04. The lowest BCUT2D eigenvalue weighted by molar-refractivity contribution is 0.482. The van der Waals surface area contributed by atoms with Crippen LogP contribution < -0.4 is 4.74 Å². The van der Waals surface area contributed by atoms with Crippen LogP contribution in [0.25, 0.3) is 0 Å². The molecule has 2 rings (SSSR count). The monoisotopic (exact) mass is 249 g/mol. The van der Waals surface area contributed by atoms with Crippen LogP contribution in [-0.2, 0) is 0 Å². The Morgan fingerprint density at radius 3 is 2.07 bits per heavy atom. The molecule has 0 N–H and O–H groups in total. The first-order valence-corrected chi connectivity index (χ1v) is 4.97. The molecule has 14 heavy (non-hydrogen) atoms. The van der Waals surface area contributed by atoms with Crippen LogP contribution >= 0.6 is 15.9 Å². The average molecular weight is 250 g/mol. The van der Waals surface area contributed by atoms with Gasteiger partial charge in [0.25, 0.3) is 0 Å². The summed E-state index contributed by atoms with van der Waals surface area (Å²) in [6.07, 6.45) is 3.41. The molecule has 0 atom stereocenters. The quantitative estimate of drug-likeness (QED) is 0.811. The van der Waals surface area contributed by atoms with Gasteiger partial charge in [-0.2, -0.15) is 0 Å². The van der Waals surface area contributed by atoms with Crippen molar-refractivity contribution in [1.82, 2.24) is 4.98 Å². The number of hydrogen-bond acceptors (Lipinski definition) is 2. The van der Waals surface area contributed by atoms with Gasteiger partial charge in [0.15, 0.2) is 0 Å². The van der Waals surface area contributed by atoms with Gasteiger partial charge in [0.05, 0.1) is 0 Å². The molecule has 0 saturated carbocycles. The summed E-state index contributed by atoms with van der Waals surface area (Å²) in [5.74, 6) is 1.61. The van der Waals surface area contributed by atoms with E-state index in [4.69, 9.17) is 4.74 Å². The molecule has 0 radical (unpaired) electrons.